The molecule has 1 aliphatic rings. The van der Waals surface area contributed by atoms with Gasteiger partial charge in [-0.15, -0.1) is 0 Å². The van der Waals surface area contributed by atoms with Crippen molar-refractivity contribution in [2.75, 3.05) is 32.1 Å². The number of carbonyl (C=O) groups excluding carboxylic acids is 2. The van der Waals surface area contributed by atoms with E-state index in [4.69, 9.17) is 4.74 Å². The molecular weight excluding hydrogens is 382 g/mol. The third kappa shape index (κ3) is 4.76. The Labute approximate surface area is 166 Å². The molecule has 3 heterocycles. The van der Waals surface area contributed by atoms with Crippen LogP contribution in [0.5, 0.6) is 5.75 Å². The Hall–Kier alpha value is -2.72. The van der Waals surface area contributed by atoms with Gasteiger partial charge in [-0.2, -0.15) is 4.37 Å². The predicted molar refractivity (Wildman–Crippen MR) is 105 cm³/mol. The number of anilines is 1. The molecule has 1 saturated heterocycles. The highest BCUT2D eigenvalue weighted by atomic mass is 32.1. The van der Waals surface area contributed by atoms with Gasteiger partial charge in [-0.25, -0.2) is 4.79 Å². The Kier molecular flexibility index (Phi) is 6.42. The Bertz CT molecular complexity index is 826. The maximum absolute atomic E-state index is 12.4. The topological polar surface area (TPSA) is 117 Å². The van der Waals surface area contributed by atoms with E-state index in [1.54, 1.807) is 30.3 Å². The molecule has 2 unspecified atom stereocenters. The second-order valence-electron chi connectivity index (χ2n) is 6.55. The van der Waals surface area contributed by atoms with Crippen molar-refractivity contribution in [1.82, 2.24) is 19.6 Å². The summed E-state index contributed by atoms with van der Waals surface area (Å²) in [4.78, 5) is 30.4. The lowest BCUT2D eigenvalue weighted by Crippen LogP contribution is -2.52. The van der Waals surface area contributed by atoms with Gasteiger partial charge in [-0.3, -0.25) is 15.1 Å². The van der Waals surface area contributed by atoms with Crippen molar-refractivity contribution < 1.29 is 19.4 Å². The van der Waals surface area contributed by atoms with E-state index in [1.165, 1.54) is 11.5 Å². The minimum atomic E-state index is -0.536. The second-order valence-corrected chi connectivity index (χ2v) is 7.36. The highest BCUT2D eigenvalue weighted by Gasteiger charge is 2.34. The van der Waals surface area contributed by atoms with Crippen molar-refractivity contribution in [3.05, 3.63) is 35.8 Å². The number of urea groups is 1. The number of aryl methyl sites for hydroxylation is 1. The summed E-state index contributed by atoms with van der Waals surface area (Å²) < 4.78 is 9.29. The monoisotopic (exact) mass is 405 g/mol. The lowest BCUT2D eigenvalue weighted by Gasteiger charge is -2.38. The van der Waals surface area contributed by atoms with Crippen LogP contribution in [0.1, 0.15) is 23.7 Å². The molecule has 2 aromatic rings. The minimum absolute atomic E-state index is 0.205. The third-order valence-electron chi connectivity index (χ3n) is 4.66. The largest absolute Gasteiger partial charge is 0.495 e. The van der Waals surface area contributed by atoms with Gasteiger partial charge in [-0.05, 0) is 43.1 Å². The normalized spacial score (nSPS) is 19.2. The third-order valence-corrected chi connectivity index (χ3v) is 5.45. The maximum Gasteiger partial charge on any atom is 0.320 e. The number of methoxy groups -OCH3 is 1. The Morgan fingerprint density at radius 3 is 2.86 bits per heavy atom. The van der Waals surface area contributed by atoms with Gasteiger partial charge < -0.3 is 20.1 Å². The fraction of sp³-hybridized carbons (Fsp3) is 0.444. The molecule has 28 heavy (non-hydrogen) atoms. The van der Waals surface area contributed by atoms with E-state index in [9.17, 15) is 14.7 Å². The van der Waals surface area contributed by atoms with Crippen LogP contribution in [0.3, 0.4) is 0 Å². The van der Waals surface area contributed by atoms with Crippen LogP contribution >= 0.6 is 11.5 Å². The standard InChI is InChI=1S/C18H23N5O4S/c1-11-7-16(28-22-11)21-18(26)20-15-5-6-23(17(25)10-24)9-13(15)14-4-3-12(27-2)8-19-14/h3-4,7-8,13,15,24H,5-6,9-10H2,1-2H3,(H2,20,21,26). The van der Waals surface area contributed by atoms with E-state index >= 15 is 0 Å². The van der Waals surface area contributed by atoms with Gasteiger partial charge in [0.1, 0.15) is 17.4 Å². The SMILES string of the molecule is COc1ccc(C2CN(C(=O)CO)CCC2NC(=O)Nc2cc(C)ns2)nc1. The highest BCUT2D eigenvalue weighted by molar-refractivity contribution is 7.10. The lowest BCUT2D eigenvalue weighted by atomic mass is 9.88. The minimum Gasteiger partial charge on any atom is -0.495 e. The van der Waals surface area contributed by atoms with Crippen LogP contribution in [0.4, 0.5) is 9.80 Å². The molecule has 3 rings (SSSR count). The van der Waals surface area contributed by atoms with E-state index in [0.29, 0.717) is 30.3 Å². The first-order valence-electron chi connectivity index (χ1n) is 8.89. The zero-order chi connectivity index (χ0) is 20.1. The number of nitrogens with one attached hydrogen (secondary N) is 2. The van der Waals surface area contributed by atoms with Crippen LogP contribution in [0.15, 0.2) is 24.4 Å². The number of aliphatic hydroxyl groups is 1. The number of hydrogen-bond donors (Lipinski definition) is 3. The quantitative estimate of drug-likeness (QED) is 0.691. The molecule has 0 spiro atoms. The maximum atomic E-state index is 12.4. The number of piperidine rings is 1. The molecule has 10 heteroatoms. The molecule has 0 radical (unpaired) electrons. The van der Waals surface area contributed by atoms with Crippen molar-refractivity contribution in [2.24, 2.45) is 0 Å². The Morgan fingerprint density at radius 1 is 1.43 bits per heavy atom. The van der Waals surface area contributed by atoms with E-state index < -0.39 is 6.61 Å². The van der Waals surface area contributed by atoms with E-state index in [1.807, 2.05) is 13.0 Å². The van der Waals surface area contributed by atoms with Crippen LogP contribution in [0.2, 0.25) is 0 Å². The van der Waals surface area contributed by atoms with E-state index in [2.05, 4.69) is 20.0 Å². The van der Waals surface area contributed by atoms with Crippen LogP contribution < -0.4 is 15.4 Å². The van der Waals surface area contributed by atoms with Gasteiger partial charge in [0.05, 0.1) is 19.0 Å². The predicted octanol–water partition coefficient (Wildman–Crippen LogP) is 1.35. The summed E-state index contributed by atoms with van der Waals surface area (Å²) in [6.45, 7) is 2.14. The zero-order valence-corrected chi connectivity index (χ0v) is 16.5. The average molecular weight is 405 g/mol. The van der Waals surface area contributed by atoms with Crippen LogP contribution in [0.25, 0.3) is 0 Å². The van der Waals surface area contributed by atoms with Crippen molar-refractivity contribution in [3.8, 4) is 5.75 Å². The summed E-state index contributed by atoms with van der Waals surface area (Å²) in [6.07, 6.45) is 2.17. The summed E-state index contributed by atoms with van der Waals surface area (Å²) >= 11 is 1.22. The molecule has 1 aliphatic heterocycles. The molecule has 0 saturated carbocycles. The molecule has 1 fully saturated rings. The molecular formula is C18H23N5O4S. The number of hydrogen-bond acceptors (Lipinski definition) is 7. The number of amides is 3. The summed E-state index contributed by atoms with van der Waals surface area (Å²) in [5.74, 6) is 0.0938. The van der Waals surface area contributed by atoms with E-state index in [0.717, 1.165) is 11.4 Å². The van der Waals surface area contributed by atoms with Crippen LogP contribution in [0, 0.1) is 6.92 Å². The number of rotatable bonds is 5. The van der Waals surface area contributed by atoms with Crippen LogP contribution in [-0.2, 0) is 4.79 Å². The fourth-order valence-corrected chi connectivity index (χ4v) is 3.88. The van der Waals surface area contributed by atoms with Crippen molar-refractivity contribution in [2.45, 2.75) is 25.3 Å². The summed E-state index contributed by atoms with van der Waals surface area (Å²) in [5, 5.41) is 15.6. The molecule has 0 bridgehead atoms. The number of nitrogens with zero attached hydrogens (tertiary/aromatic N) is 3. The van der Waals surface area contributed by atoms with Gasteiger partial charge in [0.2, 0.25) is 5.91 Å². The number of aliphatic hydroxyl groups excluding tert-OH is 1. The number of aromatic nitrogens is 2. The first-order chi connectivity index (χ1) is 13.5. The second kappa shape index (κ2) is 8.98. The van der Waals surface area contributed by atoms with Gasteiger partial charge in [0, 0.05) is 30.7 Å². The number of likely N-dealkylation sites (tertiary alicyclic amines) is 1. The fourth-order valence-electron chi connectivity index (χ4n) is 3.22. The average Bonchev–Trinajstić information content (AvgIpc) is 3.12. The van der Waals surface area contributed by atoms with Crippen molar-refractivity contribution >= 4 is 28.5 Å². The van der Waals surface area contributed by atoms with E-state index in [-0.39, 0.29) is 23.9 Å². The first-order valence-corrected chi connectivity index (χ1v) is 9.67. The highest BCUT2D eigenvalue weighted by Crippen LogP contribution is 2.27. The molecule has 9 nitrogen and oxygen atoms in total. The molecule has 3 N–H and O–H groups in total. The summed E-state index contributed by atoms with van der Waals surface area (Å²) in [7, 11) is 1.56. The molecule has 0 aliphatic carbocycles. The summed E-state index contributed by atoms with van der Waals surface area (Å²) in [6, 6.07) is 4.89. The first kappa shape index (κ1) is 20.0. The number of pyridine rings is 1. The van der Waals surface area contributed by atoms with Crippen molar-refractivity contribution in [1.29, 1.82) is 0 Å². The van der Waals surface area contributed by atoms with Crippen LogP contribution in [-0.4, -0.2) is 64.2 Å². The molecule has 2 aromatic heterocycles. The molecule has 150 valence electrons. The Morgan fingerprint density at radius 2 is 2.25 bits per heavy atom. The Balaban J connectivity index is 1.74. The molecule has 3 amide bonds. The molecule has 2 atom stereocenters. The zero-order valence-electron chi connectivity index (χ0n) is 15.7. The molecule has 0 aromatic carbocycles. The van der Waals surface area contributed by atoms with Gasteiger partial charge in [-0.1, -0.05) is 0 Å². The summed E-state index contributed by atoms with van der Waals surface area (Å²) in [5.41, 5.74) is 1.59. The smallest absolute Gasteiger partial charge is 0.320 e. The van der Waals surface area contributed by atoms with Gasteiger partial charge >= 0.3 is 6.03 Å². The number of ether oxygens (including phenoxy) is 1. The lowest BCUT2D eigenvalue weighted by molar-refractivity contribution is -0.135. The van der Waals surface area contributed by atoms with Gasteiger partial charge in [0.25, 0.3) is 0 Å². The van der Waals surface area contributed by atoms with Gasteiger partial charge in [0.15, 0.2) is 0 Å². The van der Waals surface area contributed by atoms with Crippen molar-refractivity contribution in [3.63, 3.8) is 0 Å². The number of carbonyl (C=O) groups is 2.